The number of carbonyl (C=O) groups is 1. The minimum atomic E-state index is -0.480. The van der Waals surface area contributed by atoms with Crippen LogP contribution in [0.15, 0.2) is 18.2 Å². The maximum Gasteiger partial charge on any atom is 0.237 e. The molecule has 22 heavy (non-hydrogen) atoms. The second-order valence-corrected chi connectivity index (χ2v) is 6.36. The molecule has 1 fully saturated rings. The Morgan fingerprint density at radius 1 is 1.59 bits per heavy atom. The zero-order valence-electron chi connectivity index (χ0n) is 13.0. The van der Waals surface area contributed by atoms with Gasteiger partial charge in [0, 0.05) is 24.8 Å². The van der Waals surface area contributed by atoms with Crippen molar-refractivity contribution in [3.05, 3.63) is 29.0 Å². The summed E-state index contributed by atoms with van der Waals surface area (Å²) in [5, 5.41) is 3.11. The molecule has 0 saturated carbocycles. The summed E-state index contributed by atoms with van der Waals surface area (Å²) in [7, 11) is 0. The largest absolute Gasteiger partial charge is 0.369 e. The molecule has 2 rings (SSSR count). The smallest absolute Gasteiger partial charge is 0.237 e. The van der Waals surface area contributed by atoms with Gasteiger partial charge in [-0.25, -0.2) is 4.39 Å². The Morgan fingerprint density at radius 2 is 2.32 bits per heavy atom. The normalized spacial score (nSPS) is 20.8. The number of amides is 1. The fraction of sp³-hybridized carbons (Fsp3) is 0.562. The van der Waals surface area contributed by atoms with Crippen LogP contribution in [0.4, 0.5) is 10.1 Å². The second kappa shape index (κ2) is 7.29. The van der Waals surface area contributed by atoms with Gasteiger partial charge >= 0.3 is 0 Å². The van der Waals surface area contributed by atoms with Crippen LogP contribution in [-0.2, 0) is 4.79 Å². The molecule has 122 valence electrons. The minimum Gasteiger partial charge on any atom is -0.369 e. The van der Waals surface area contributed by atoms with Gasteiger partial charge < -0.3 is 16.0 Å². The number of nitrogens with two attached hydrogens (primary N) is 1. The van der Waals surface area contributed by atoms with Crippen molar-refractivity contribution in [2.24, 2.45) is 11.7 Å². The average molecular weight is 328 g/mol. The van der Waals surface area contributed by atoms with E-state index in [4.69, 9.17) is 17.3 Å². The molecule has 1 amide bonds. The van der Waals surface area contributed by atoms with Crippen molar-refractivity contribution in [1.82, 2.24) is 5.32 Å². The Hall–Kier alpha value is -1.33. The highest BCUT2D eigenvalue weighted by Gasteiger charge is 2.27. The number of hydrogen-bond acceptors (Lipinski definition) is 3. The lowest BCUT2D eigenvalue weighted by molar-refractivity contribution is -0.124. The highest BCUT2D eigenvalue weighted by atomic mass is 35.5. The van der Waals surface area contributed by atoms with E-state index < -0.39 is 11.9 Å². The van der Waals surface area contributed by atoms with E-state index in [0.29, 0.717) is 6.54 Å². The van der Waals surface area contributed by atoms with Gasteiger partial charge in [-0.15, -0.1) is 0 Å². The van der Waals surface area contributed by atoms with Gasteiger partial charge in [-0.05, 0) is 30.5 Å². The van der Waals surface area contributed by atoms with Gasteiger partial charge in [-0.2, -0.15) is 0 Å². The zero-order valence-corrected chi connectivity index (χ0v) is 13.7. The molecule has 0 spiro atoms. The summed E-state index contributed by atoms with van der Waals surface area (Å²) in [6.07, 6.45) is 1.69. The van der Waals surface area contributed by atoms with Crippen LogP contribution < -0.4 is 16.0 Å². The maximum atomic E-state index is 13.5. The number of halogens is 2. The summed E-state index contributed by atoms with van der Waals surface area (Å²) < 4.78 is 13.5. The van der Waals surface area contributed by atoms with Crippen molar-refractivity contribution in [3.63, 3.8) is 0 Å². The van der Waals surface area contributed by atoms with Crippen LogP contribution >= 0.6 is 11.6 Å². The molecule has 1 aliphatic heterocycles. The van der Waals surface area contributed by atoms with E-state index in [1.54, 1.807) is 12.1 Å². The molecule has 0 aromatic heterocycles. The van der Waals surface area contributed by atoms with Crippen LogP contribution in [0, 0.1) is 11.7 Å². The topological polar surface area (TPSA) is 58.4 Å². The molecule has 1 heterocycles. The van der Waals surface area contributed by atoms with E-state index in [-0.39, 0.29) is 22.9 Å². The summed E-state index contributed by atoms with van der Waals surface area (Å²) in [6.45, 7) is 5.41. The maximum absolute atomic E-state index is 13.5. The Kier molecular flexibility index (Phi) is 5.64. The number of nitrogens with one attached hydrogen (secondary N) is 1. The molecule has 1 aromatic rings. The number of rotatable bonds is 5. The van der Waals surface area contributed by atoms with E-state index in [9.17, 15) is 9.18 Å². The first-order valence-corrected chi connectivity index (χ1v) is 8.06. The molecule has 1 aromatic carbocycles. The van der Waals surface area contributed by atoms with Crippen LogP contribution in [0.3, 0.4) is 0 Å². The SMILES string of the molecule is CCC(C)C(N)C(=O)NC1CCN(c2ccc(Cl)c(F)c2)C1. The molecule has 4 nitrogen and oxygen atoms in total. The molecule has 3 atom stereocenters. The van der Waals surface area contributed by atoms with Crippen molar-refractivity contribution < 1.29 is 9.18 Å². The zero-order chi connectivity index (χ0) is 16.3. The van der Waals surface area contributed by atoms with Crippen LogP contribution in [0.5, 0.6) is 0 Å². The fourth-order valence-corrected chi connectivity index (χ4v) is 2.72. The summed E-state index contributed by atoms with van der Waals surface area (Å²) in [5.74, 6) is -0.378. The van der Waals surface area contributed by atoms with E-state index in [0.717, 1.165) is 25.1 Å². The standard InChI is InChI=1S/C16H23ClFN3O/c1-3-10(2)15(19)16(22)20-11-6-7-21(9-11)12-4-5-13(17)14(18)8-12/h4-5,8,10-11,15H,3,6-7,9,19H2,1-2H3,(H,20,22). The lowest BCUT2D eigenvalue weighted by Gasteiger charge is -2.22. The lowest BCUT2D eigenvalue weighted by atomic mass is 9.99. The summed E-state index contributed by atoms with van der Waals surface area (Å²) in [6, 6.07) is 4.34. The second-order valence-electron chi connectivity index (χ2n) is 5.95. The number of nitrogens with zero attached hydrogens (tertiary/aromatic N) is 1. The molecule has 1 aliphatic rings. The fourth-order valence-electron chi connectivity index (χ4n) is 2.60. The molecular formula is C16H23ClFN3O. The highest BCUT2D eigenvalue weighted by molar-refractivity contribution is 6.30. The monoisotopic (exact) mass is 327 g/mol. The predicted octanol–water partition coefficient (Wildman–Crippen LogP) is 2.55. The van der Waals surface area contributed by atoms with Crippen LogP contribution in [-0.4, -0.2) is 31.1 Å². The van der Waals surface area contributed by atoms with Crippen molar-refractivity contribution in [2.75, 3.05) is 18.0 Å². The summed E-state index contributed by atoms with van der Waals surface area (Å²) >= 11 is 5.70. The van der Waals surface area contributed by atoms with Gasteiger partial charge in [-0.1, -0.05) is 31.9 Å². The minimum absolute atomic E-state index is 0.0429. The highest BCUT2D eigenvalue weighted by Crippen LogP contribution is 2.25. The van der Waals surface area contributed by atoms with E-state index in [1.807, 2.05) is 18.7 Å². The van der Waals surface area contributed by atoms with Gasteiger partial charge in [0.15, 0.2) is 0 Å². The Balaban J connectivity index is 1.92. The van der Waals surface area contributed by atoms with Gasteiger partial charge in [0.2, 0.25) is 5.91 Å². The first kappa shape index (κ1) is 17.0. The Morgan fingerprint density at radius 3 is 2.95 bits per heavy atom. The van der Waals surface area contributed by atoms with E-state index in [2.05, 4.69) is 5.32 Å². The van der Waals surface area contributed by atoms with E-state index >= 15 is 0 Å². The lowest BCUT2D eigenvalue weighted by Crippen LogP contribution is -2.49. The molecular weight excluding hydrogens is 305 g/mol. The van der Waals surface area contributed by atoms with Crippen molar-refractivity contribution in [1.29, 1.82) is 0 Å². The number of carbonyl (C=O) groups excluding carboxylic acids is 1. The molecule has 3 unspecified atom stereocenters. The first-order chi connectivity index (χ1) is 10.4. The van der Waals surface area contributed by atoms with Crippen molar-refractivity contribution in [3.8, 4) is 0 Å². The average Bonchev–Trinajstić information content (AvgIpc) is 2.96. The third-order valence-electron chi connectivity index (χ3n) is 4.36. The number of hydrogen-bond donors (Lipinski definition) is 2. The Labute approximate surface area is 135 Å². The van der Waals surface area contributed by atoms with Gasteiger partial charge in [-0.3, -0.25) is 4.79 Å². The van der Waals surface area contributed by atoms with Crippen molar-refractivity contribution >= 4 is 23.2 Å². The molecule has 0 radical (unpaired) electrons. The molecule has 3 N–H and O–H groups in total. The van der Waals surface area contributed by atoms with Crippen molar-refractivity contribution in [2.45, 2.75) is 38.8 Å². The quantitative estimate of drug-likeness (QED) is 0.873. The molecule has 1 saturated heterocycles. The third-order valence-corrected chi connectivity index (χ3v) is 4.67. The molecule has 6 heteroatoms. The summed E-state index contributed by atoms with van der Waals surface area (Å²) in [5.41, 5.74) is 6.72. The van der Waals surface area contributed by atoms with Gasteiger partial charge in [0.1, 0.15) is 5.82 Å². The predicted molar refractivity (Wildman–Crippen MR) is 87.6 cm³/mol. The first-order valence-electron chi connectivity index (χ1n) is 7.68. The third kappa shape index (κ3) is 3.90. The van der Waals surface area contributed by atoms with E-state index in [1.165, 1.54) is 6.07 Å². The number of benzene rings is 1. The van der Waals surface area contributed by atoms with Crippen LogP contribution in [0.1, 0.15) is 26.7 Å². The molecule has 0 aliphatic carbocycles. The van der Waals surface area contributed by atoms with Gasteiger partial charge in [0.05, 0.1) is 11.1 Å². The molecule has 0 bridgehead atoms. The van der Waals surface area contributed by atoms with Gasteiger partial charge in [0.25, 0.3) is 0 Å². The Bertz CT molecular complexity index is 540. The number of anilines is 1. The van der Waals surface area contributed by atoms with Crippen LogP contribution in [0.2, 0.25) is 5.02 Å². The van der Waals surface area contributed by atoms with Crippen LogP contribution in [0.25, 0.3) is 0 Å². The summed E-state index contributed by atoms with van der Waals surface area (Å²) in [4.78, 5) is 14.2.